The lowest BCUT2D eigenvalue weighted by Gasteiger charge is -2.12. The van der Waals surface area contributed by atoms with Gasteiger partial charge in [0.05, 0.1) is 14.5 Å². The van der Waals surface area contributed by atoms with E-state index in [0.717, 1.165) is 41.7 Å². The SMILES string of the molecule is Cc1ccc(COc2c(Br)cc(/C=C(\C#N)C(=O)Nc3sc4c(c3C#N)CCCC4)cc2Br)cc1. The Labute approximate surface area is 225 Å². The molecule has 0 saturated heterocycles. The molecule has 5 nitrogen and oxygen atoms in total. The van der Waals surface area contributed by atoms with Gasteiger partial charge in [0.1, 0.15) is 35.1 Å². The van der Waals surface area contributed by atoms with Crippen LogP contribution in [0.2, 0.25) is 0 Å². The summed E-state index contributed by atoms with van der Waals surface area (Å²) < 4.78 is 7.37. The number of carbonyl (C=O) groups is 1. The number of ether oxygens (including phenoxy) is 1. The molecule has 1 amide bonds. The number of nitriles is 2. The smallest absolute Gasteiger partial charge is 0.266 e. The highest BCUT2D eigenvalue weighted by Gasteiger charge is 2.23. The van der Waals surface area contributed by atoms with Crippen LogP contribution in [0.3, 0.4) is 0 Å². The van der Waals surface area contributed by atoms with E-state index in [2.05, 4.69) is 43.2 Å². The van der Waals surface area contributed by atoms with Crippen molar-refractivity contribution in [3.8, 4) is 17.9 Å². The Bertz CT molecular complexity index is 1370. The maximum atomic E-state index is 12.9. The van der Waals surface area contributed by atoms with Crippen molar-refractivity contribution >= 4 is 60.2 Å². The topological polar surface area (TPSA) is 85.9 Å². The highest BCUT2D eigenvalue weighted by Crippen LogP contribution is 2.38. The van der Waals surface area contributed by atoms with Gasteiger partial charge in [-0.15, -0.1) is 11.3 Å². The summed E-state index contributed by atoms with van der Waals surface area (Å²) in [5.74, 6) is 0.100. The average Bonchev–Trinajstić information content (AvgIpc) is 3.19. The van der Waals surface area contributed by atoms with Crippen LogP contribution < -0.4 is 10.1 Å². The second-order valence-electron chi connectivity index (χ2n) is 8.24. The second kappa shape index (κ2) is 11.2. The molecule has 3 aromatic rings. The standard InChI is InChI=1S/C27H21Br2N3O2S/c1-16-6-8-17(9-7-16)15-34-25-22(28)11-18(12-23(25)29)10-19(13-30)26(33)32-27-21(14-31)20-4-2-3-5-24(20)35-27/h6-12H,2-5,15H2,1H3,(H,32,33)/b19-10+. The molecule has 2 aromatic carbocycles. The van der Waals surface area contributed by atoms with Crippen LogP contribution in [0.25, 0.3) is 6.08 Å². The van der Waals surface area contributed by atoms with E-state index in [-0.39, 0.29) is 5.57 Å². The van der Waals surface area contributed by atoms with E-state index < -0.39 is 5.91 Å². The number of benzene rings is 2. The monoisotopic (exact) mass is 609 g/mol. The van der Waals surface area contributed by atoms with Crippen LogP contribution in [0.4, 0.5) is 5.00 Å². The first-order valence-electron chi connectivity index (χ1n) is 11.0. The number of halogens is 2. The van der Waals surface area contributed by atoms with Crippen LogP contribution >= 0.6 is 43.2 Å². The normalized spacial score (nSPS) is 12.9. The van der Waals surface area contributed by atoms with E-state index in [1.807, 2.05) is 37.3 Å². The van der Waals surface area contributed by atoms with Gasteiger partial charge in [-0.25, -0.2) is 0 Å². The molecule has 4 rings (SSSR count). The van der Waals surface area contributed by atoms with Crippen molar-refractivity contribution in [2.75, 3.05) is 5.32 Å². The van der Waals surface area contributed by atoms with Gasteiger partial charge in [0.25, 0.3) is 5.91 Å². The van der Waals surface area contributed by atoms with Gasteiger partial charge in [0.2, 0.25) is 0 Å². The molecule has 1 aromatic heterocycles. The Morgan fingerprint density at radius 2 is 1.83 bits per heavy atom. The molecule has 0 spiro atoms. The Kier molecular flexibility index (Phi) is 8.07. The summed E-state index contributed by atoms with van der Waals surface area (Å²) in [4.78, 5) is 14.0. The molecule has 0 atom stereocenters. The van der Waals surface area contributed by atoms with E-state index in [1.165, 1.54) is 23.0 Å². The molecule has 1 aliphatic carbocycles. The lowest BCUT2D eigenvalue weighted by molar-refractivity contribution is -0.112. The quantitative estimate of drug-likeness (QED) is 0.232. The first-order chi connectivity index (χ1) is 16.9. The first-order valence-corrected chi connectivity index (χ1v) is 13.4. The largest absolute Gasteiger partial charge is 0.487 e. The van der Waals surface area contributed by atoms with Gasteiger partial charge in [0.15, 0.2) is 0 Å². The lowest BCUT2D eigenvalue weighted by Crippen LogP contribution is -2.13. The van der Waals surface area contributed by atoms with Crippen molar-refractivity contribution in [1.82, 2.24) is 0 Å². The van der Waals surface area contributed by atoms with Crippen LogP contribution in [-0.2, 0) is 24.2 Å². The number of anilines is 1. The van der Waals surface area contributed by atoms with Crippen molar-refractivity contribution in [2.45, 2.75) is 39.2 Å². The molecular formula is C27H21Br2N3O2S. The minimum atomic E-state index is -0.533. The fraction of sp³-hybridized carbons (Fsp3) is 0.222. The van der Waals surface area contributed by atoms with Gasteiger partial charge in [-0.3, -0.25) is 4.79 Å². The maximum Gasteiger partial charge on any atom is 0.266 e. The number of aryl methyl sites for hydroxylation is 2. The van der Waals surface area contributed by atoms with Gasteiger partial charge in [0, 0.05) is 4.88 Å². The Morgan fingerprint density at radius 3 is 2.49 bits per heavy atom. The number of nitrogens with one attached hydrogen (secondary N) is 1. The fourth-order valence-corrected chi connectivity index (χ4v) is 6.58. The number of amides is 1. The third kappa shape index (κ3) is 5.85. The van der Waals surface area contributed by atoms with E-state index in [0.29, 0.717) is 37.4 Å². The Hall–Kier alpha value is -2.91. The Morgan fingerprint density at radius 1 is 1.14 bits per heavy atom. The summed E-state index contributed by atoms with van der Waals surface area (Å²) in [7, 11) is 0. The molecule has 8 heteroatoms. The number of nitrogens with zero attached hydrogens (tertiary/aromatic N) is 2. The summed E-state index contributed by atoms with van der Waals surface area (Å²) in [6, 6.07) is 15.9. The summed E-state index contributed by atoms with van der Waals surface area (Å²) >= 11 is 8.51. The van der Waals surface area contributed by atoms with E-state index >= 15 is 0 Å². The van der Waals surface area contributed by atoms with Gasteiger partial charge in [-0.05, 0) is 99.4 Å². The van der Waals surface area contributed by atoms with E-state index in [4.69, 9.17) is 4.74 Å². The molecule has 0 bridgehead atoms. The summed E-state index contributed by atoms with van der Waals surface area (Å²) in [5.41, 5.74) is 4.41. The summed E-state index contributed by atoms with van der Waals surface area (Å²) in [5, 5.41) is 22.6. The molecule has 0 aliphatic heterocycles. The predicted octanol–water partition coefficient (Wildman–Crippen LogP) is 7.46. The third-order valence-corrected chi connectivity index (χ3v) is 8.10. The van der Waals surface area contributed by atoms with Crippen molar-refractivity contribution in [1.29, 1.82) is 10.5 Å². The van der Waals surface area contributed by atoms with Crippen LogP contribution in [0, 0.1) is 29.6 Å². The molecule has 0 saturated carbocycles. The van der Waals surface area contributed by atoms with Crippen LogP contribution in [0.1, 0.15) is 45.5 Å². The summed E-state index contributed by atoms with van der Waals surface area (Å²) in [6.07, 6.45) is 5.43. The second-order valence-corrected chi connectivity index (χ2v) is 11.1. The minimum Gasteiger partial charge on any atom is -0.487 e. The number of carbonyl (C=O) groups excluding carboxylic acids is 1. The molecule has 1 aliphatic rings. The van der Waals surface area contributed by atoms with Crippen LogP contribution in [0.5, 0.6) is 5.75 Å². The molecule has 176 valence electrons. The maximum absolute atomic E-state index is 12.9. The van der Waals surface area contributed by atoms with Gasteiger partial charge in [-0.1, -0.05) is 29.8 Å². The Balaban J connectivity index is 1.52. The number of hydrogen-bond acceptors (Lipinski definition) is 5. The van der Waals surface area contributed by atoms with Crippen LogP contribution in [0.15, 0.2) is 50.9 Å². The van der Waals surface area contributed by atoms with E-state index in [1.54, 1.807) is 12.1 Å². The zero-order valence-corrected chi connectivity index (χ0v) is 22.9. The van der Waals surface area contributed by atoms with Crippen molar-refractivity contribution in [2.24, 2.45) is 0 Å². The lowest BCUT2D eigenvalue weighted by atomic mass is 9.96. The van der Waals surface area contributed by atoms with Crippen molar-refractivity contribution in [3.05, 3.63) is 83.6 Å². The van der Waals surface area contributed by atoms with Crippen molar-refractivity contribution in [3.63, 3.8) is 0 Å². The number of hydrogen-bond donors (Lipinski definition) is 1. The molecule has 1 N–H and O–H groups in total. The van der Waals surface area contributed by atoms with E-state index in [9.17, 15) is 15.3 Å². The predicted molar refractivity (Wildman–Crippen MR) is 145 cm³/mol. The molecule has 0 radical (unpaired) electrons. The third-order valence-electron chi connectivity index (χ3n) is 5.71. The number of fused-ring (bicyclic) bond motifs is 1. The van der Waals surface area contributed by atoms with Gasteiger partial charge < -0.3 is 10.1 Å². The number of thiophene rings is 1. The number of rotatable bonds is 6. The van der Waals surface area contributed by atoms with Crippen molar-refractivity contribution < 1.29 is 9.53 Å². The van der Waals surface area contributed by atoms with Gasteiger partial charge in [-0.2, -0.15) is 10.5 Å². The molecule has 35 heavy (non-hydrogen) atoms. The first kappa shape index (κ1) is 25.2. The van der Waals surface area contributed by atoms with Gasteiger partial charge >= 0.3 is 0 Å². The minimum absolute atomic E-state index is 0.0487. The molecule has 0 unspecified atom stereocenters. The fourth-order valence-electron chi connectivity index (χ4n) is 3.90. The molecule has 1 heterocycles. The highest BCUT2D eigenvalue weighted by molar-refractivity contribution is 9.11. The zero-order chi connectivity index (χ0) is 24.9. The van der Waals surface area contributed by atoms with Crippen LogP contribution in [-0.4, -0.2) is 5.91 Å². The molecule has 0 fully saturated rings. The zero-order valence-electron chi connectivity index (χ0n) is 19.0. The average molecular weight is 611 g/mol. The summed E-state index contributed by atoms with van der Waals surface area (Å²) in [6.45, 7) is 2.45. The molecular weight excluding hydrogens is 590 g/mol. The highest BCUT2D eigenvalue weighted by atomic mass is 79.9.